The van der Waals surface area contributed by atoms with Crippen molar-refractivity contribution in [1.82, 2.24) is 4.90 Å². The van der Waals surface area contributed by atoms with E-state index in [1.807, 2.05) is 29.2 Å². The average Bonchev–Trinajstić information content (AvgIpc) is 2.81. The summed E-state index contributed by atoms with van der Waals surface area (Å²) in [5.74, 6) is 1.31. The number of hydrogen-bond acceptors (Lipinski definition) is 6. The maximum Gasteiger partial charge on any atom is 0.232 e. The van der Waals surface area contributed by atoms with Gasteiger partial charge < -0.3 is 19.3 Å². The standard InChI is InChI=1S/C23H30ClN3O5S/c1-31-21-11-10-18(17-19(21)24)27(33(3,29)30)12-6-9-23(28)26-15-13-25(14-16-26)20-7-4-5-8-22(20)32-2/h4-5,7-8,10-11,17H,6,9,12-16H2,1-3H3. The van der Waals surface area contributed by atoms with Crippen LogP contribution in [-0.2, 0) is 14.8 Å². The molecule has 180 valence electrons. The quantitative estimate of drug-likeness (QED) is 0.531. The molecule has 8 nitrogen and oxygen atoms in total. The molecule has 0 spiro atoms. The van der Waals surface area contributed by atoms with Gasteiger partial charge in [0.15, 0.2) is 0 Å². The summed E-state index contributed by atoms with van der Waals surface area (Å²) in [5.41, 5.74) is 1.47. The van der Waals surface area contributed by atoms with Crippen molar-refractivity contribution in [3.8, 4) is 11.5 Å². The van der Waals surface area contributed by atoms with Gasteiger partial charge in [-0.25, -0.2) is 8.42 Å². The van der Waals surface area contributed by atoms with Gasteiger partial charge in [-0.3, -0.25) is 9.10 Å². The van der Waals surface area contributed by atoms with E-state index in [-0.39, 0.29) is 18.9 Å². The number of halogens is 1. The van der Waals surface area contributed by atoms with Gasteiger partial charge in [0.25, 0.3) is 0 Å². The van der Waals surface area contributed by atoms with Crippen molar-refractivity contribution in [1.29, 1.82) is 0 Å². The van der Waals surface area contributed by atoms with Gasteiger partial charge in [0.2, 0.25) is 15.9 Å². The molecule has 1 aliphatic rings. The largest absolute Gasteiger partial charge is 0.495 e. The Bertz CT molecular complexity index is 1070. The Hall–Kier alpha value is -2.65. The molecule has 1 amide bonds. The highest BCUT2D eigenvalue weighted by Gasteiger charge is 2.24. The lowest BCUT2D eigenvalue weighted by molar-refractivity contribution is -0.131. The highest BCUT2D eigenvalue weighted by molar-refractivity contribution is 7.92. The summed E-state index contributed by atoms with van der Waals surface area (Å²) < 4.78 is 36.5. The van der Waals surface area contributed by atoms with Crippen LogP contribution in [0.25, 0.3) is 0 Å². The van der Waals surface area contributed by atoms with E-state index in [4.69, 9.17) is 21.1 Å². The summed E-state index contributed by atoms with van der Waals surface area (Å²) >= 11 is 6.17. The van der Waals surface area contributed by atoms with E-state index < -0.39 is 10.0 Å². The van der Waals surface area contributed by atoms with Crippen molar-refractivity contribution in [2.45, 2.75) is 12.8 Å². The van der Waals surface area contributed by atoms with Crippen LogP contribution in [0, 0.1) is 0 Å². The number of hydrogen-bond donors (Lipinski definition) is 0. The number of carbonyl (C=O) groups is 1. The number of rotatable bonds is 9. The van der Waals surface area contributed by atoms with Gasteiger partial charge in [-0.2, -0.15) is 0 Å². The number of benzene rings is 2. The smallest absolute Gasteiger partial charge is 0.232 e. The number of nitrogens with zero attached hydrogens (tertiary/aromatic N) is 3. The van der Waals surface area contributed by atoms with Crippen LogP contribution in [0.2, 0.25) is 5.02 Å². The normalized spacial score (nSPS) is 14.2. The van der Waals surface area contributed by atoms with Crippen molar-refractivity contribution >= 4 is 38.9 Å². The fourth-order valence-electron chi connectivity index (χ4n) is 3.92. The van der Waals surface area contributed by atoms with Crippen LogP contribution in [0.4, 0.5) is 11.4 Å². The Morgan fingerprint density at radius 2 is 1.70 bits per heavy atom. The van der Waals surface area contributed by atoms with Gasteiger partial charge in [0.05, 0.1) is 36.9 Å². The zero-order chi connectivity index (χ0) is 24.0. The fourth-order valence-corrected chi connectivity index (χ4v) is 5.13. The first-order chi connectivity index (χ1) is 15.7. The van der Waals surface area contributed by atoms with Crippen LogP contribution in [0.15, 0.2) is 42.5 Å². The number of para-hydroxylation sites is 2. The fraction of sp³-hybridized carbons (Fsp3) is 0.435. The first-order valence-corrected chi connectivity index (χ1v) is 12.9. The Balaban J connectivity index is 1.55. The highest BCUT2D eigenvalue weighted by atomic mass is 35.5. The number of anilines is 2. The maximum absolute atomic E-state index is 12.7. The monoisotopic (exact) mass is 495 g/mol. The molecule has 1 heterocycles. The van der Waals surface area contributed by atoms with Crippen LogP contribution in [0.5, 0.6) is 11.5 Å². The summed E-state index contributed by atoms with van der Waals surface area (Å²) in [6.45, 7) is 2.84. The minimum absolute atomic E-state index is 0.0240. The molecule has 1 saturated heterocycles. The molecule has 0 bridgehead atoms. The third-order valence-corrected chi connectivity index (χ3v) is 7.12. The van der Waals surface area contributed by atoms with Gasteiger partial charge in [-0.15, -0.1) is 0 Å². The van der Waals surface area contributed by atoms with E-state index >= 15 is 0 Å². The van der Waals surface area contributed by atoms with Gasteiger partial charge in [0, 0.05) is 39.1 Å². The van der Waals surface area contributed by atoms with Crippen molar-refractivity contribution in [3.63, 3.8) is 0 Å². The number of methoxy groups -OCH3 is 2. The maximum atomic E-state index is 12.7. The molecule has 0 saturated carbocycles. The lowest BCUT2D eigenvalue weighted by atomic mass is 10.2. The Morgan fingerprint density at radius 1 is 1.03 bits per heavy atom. The molecule has 0 aliphatic carbocycles. The van der Waals surface area contributed by atoms with Crippen LogP contribution in [0.1, 0.15) is 12.8 Å². The number of piperazine rings is 1. The van der Waals surface area contributed by atoms with Crippen molar-refractivity contribution < 1.29 is 22.7 Å². The van der Waals surface area contributed by atoms with Gasteiger partial charge in [0.1, 0.15) is 11.5 Å². The zero-order valence-electron chi connectivity index (χ0n) is 19.2. The second kappa shape index (κ2) is 11.0. The molecule has 1 aliphatic heterocycles. The third kappa shape index (κ3) is 6.23. The van der Waals surface area contributed by atoms with Gasteiger partial charge >= 0.3 is 0 Å². The van der Waals surface area contributed by atoms with E-state index in [9.17, 15) is 13.2 Å². The molecule has 3 rings (SSSR count). The minimum Gasteiger partial charge on any atom is -0.495 e. The lowest BCUT2D eigenvalue weighted by Gasteiger charge is -2.36. The predicted molar refractivity (Wildman–Crippen MR) is 131 cm³/mol. The van der Waals surface area contributed by atoms with Crippen molar-refractivity contribution in [3.05, 3.63) is 47.5 Å². The highest BCUT2D eigenvalue weighted by Crippen LogP contribution is 2.31. The molecule has 10 heteroatoms. The van der Waals surface area contributed by atoms with Gasteiger partial charge in [-0.1, -0.05) is 23.7 Å². The zero-order valence-corrected chi connectivity index (χ0v) is 20.7. The van der Waals surface area contributed by atoms with Crippen LogP contribution in [0.3, 0.4) is 0 Å². The molecule has 0 atom stereocenters. The van der Waals surface area contributed by atoms with Crippen molar-refractivity contribution in [2.75, 3.05) is 62.4 Å². The summed E-state index contributed by atoms with van der Waals surface area (Å²) in [4.78, 5) is 16.8. The molecule has 2 aromatic carbocycles. The molecular formula is C23H30ClN3O5S. The number of sulfonamides is 1. The number of ether oxygens (including phenoxy) is 2. The van der Waals surface area contributed by atoms with E-state index in [1.54, 1.807) is 25.3 Å². The summed E-state index contributed by atoms with van der Waals surface area (Å²) in [6.07, 6.45) is 1.82. The first kappa shape index (κ1) is 25.0. The van der Waals surface area contributed by atoms with E-state index in [0.717, 1.165) is 17.7 Å². The van der Waals surface area contributed by atoms with E-state index in [1.165, 1.54) is 11.4 Å². The topological polar surface area (TPSA) is 79.4 Å². The predicted octanol–water partition coefficient (Wildman–Crippen LogP) is 3.25. The SMILES string of the molecule is COc1ccc(N(CCCC(=O)N2CCN(c3ccccc3OC)CC2)S(C)(=O)=O)cc1Cl. The first-order valence-electron chi connectivity index (χ1n) is 10.7. The Kier molecular flexibility index (Phi) is 8.31. The Morgan fingerprint density at radius 3 is 2.30 bits per heavy atom. The van der Waals surface area contributed by atoms with Crippen LogP contribution >= 0.6 is 11.6 Å². The third-order valence-electron chi connectivity index (χ3n) is 5.63. The number of carbonyl (C=O) groups excluding carboxylic acids is 1. The second-order valence-corrected chi connectivity index (χ2v) is 10.1. The molecule has 0 radical (unpaired) electrons. The molecular weight excluding hydrogens is 466 g/mol. The summed E-state index contributed by atoms with van der Waals surface area (Å²) in [5, 5.41) is 0.327. The molecule has 2 aromatic rings. The van der Waals surface area contributed by atoms with Gasteiger partial charge in [-0.05, 0) is 36.8 Å². The van der Waals surface area contributed by atoms with E-state index in [2.05, 4.69) is 4.90 Å². The lowest BCUT2D eigenvalue weighted by Crippen LogP contribution is -2.49. The Labute approximate surface area is 200 Å². The van der Waals surface area contributed by atoms with E-state index in [0.29, 0.717) is 49.1 Å². The molecule has 1 fully saturated rings. The second-order valence-electron chi connectivity index (χ2n) is 7.80. The van der Waals surface area contributed by atoms with Crippen molar-refractivity contribution in [2.24, 2.45) is 0 Å². The van der Waals surface area contributed by atoms with Crippen LogP contribution in [-0.4, -0.2) is 72.4 Å². The molecule has 0 unspecified atom stereocenters. The average molecular weight is 496 g/mol. The molecule has 0 N–H and O–H groups in total. The molecule has 33 heavy (non-hydrogen) atoms. The van der Waals surface area contributed by atoms with Crippen LogP contribution < -0.4 is 18.7 Å². The summed E-state index contributed by atoms with van der Waals surface area (Å²) in [7, 11) is -0.383. The minimum atomic E-state index is -3.53. The number of amides is 1. The molecule has 0 aromatic heterocycles. The summed E-state index contributed by atoms with van der Waals surface area (Å²) in [6, 6.07) is 12.7.